The number of anilines is 3. The highest BCUT2D eigenvalue weighted by atomic mass is 127. The average molecular weight is 579 g/mol. The summed E-state index contributed by atoms with van der Waals surface area (Å²) in [5, 5.41) is 10.4. The Hall–Kier alpha value is -2.54. The van der Waals surface area contributed by atoms with Crippen LogP contribution in [0, 0.1) is 0 Å². The van der Waals surface area contributed by atoms with Gasteiger partial charge in [-0.3, -0.25) is 4.68 Å². The van der Waals surface area contributed by atoms with Gasteiger partial charge in [-0.2, -0.15) is 5.10 Å². The number of halogens is 1. The molecule has 11 heteroatoms. The van der Waals surface area contributed by atoms with Gasteiger partial charge < -0.3 is 19.7 Å². The second kappa shape index (κ2) is 9.75. The minimum atomic E-state index is -0.538. The molecule has 0 bridgehead atoms. The summed E-state index contributed by atoms with van der Waals surface area (Å²) in [7, 11) is 3.49. The van der Waals surface area contributed by atoms with E-state index in [-0.39, 0.29) is 6.04 Å². The van der Waals surface area contributed by atoms with Gasteiger partial charge in [0.05, 0.1) is 29.3 Å². The number of ether oxygens (including phenoxy) is 1. The molecule has 1 aliphatic rings. The van der Waals surface area contributed by atoms with Crippen LogP contribution in [0.5, 0.6) is 0 Å². The molecule has 2 N–H and O–H groups in total. The van der Waals surface area contributed by atoms with Gasteiger partial charge in [0.1, 0.15) is 5.60 Å². The molecule has 1 aliphatic heterocycles. The van der Waals surface area contributed by atoms with E-state index >= 15 is 0 Å². The first-order valence-corrected chi connectivity index (χ1v) is 13.8. The minimum absolute atomic E-state index is 0.114. The molecule has 4 rings (SSSR count). The molecule has 0 radical (unpaired) electrons. The summed E-state index contributed by atoms with van der Waals surface area (Å²) in [4.78, 5) is 21.4. The highest BCUT2D eigenvalue weighted by molar-refractivity contribution is 14.2. The Bertz CT molecular complexity index is 1150. The van der Waals surface area contributed by atoms with Crippen molar-refractivity contribution in [1.82, 2.24) is 25.1 Å². The number of aryl methyl sites for hydroxylation is 1. The average Bonchev–Trinajstić information content (AvgIpc) is 3.17. The normalized spacial score (nSPS) is 15.7. The number of alkyl carbamates (subject to hydrolysis) is 1. The number of fused-ring (bicyclic) bond motifs is 1. The van der Waals surface area contributed by atoms with Crippen LogP contribution >= 0.6 is 30.3 Å². The fourth-order valence-corrected chi connectivity index (χ4v) is 5.24. The molecule has 1 unspecified atom stereocenters. The summed E-state index contributed by atoms with van der Waals surface area (Å²) in [6, 6.07) is 7.97. The molecular formula is C22H26IN7O2S. The van der Waals surface area contributed by atoms with Crippen LogP contribution in [0.3, 0.4) is 0 Å². The van der Waals surface area contributed by atoms with Crippen molar-refractivity contribution in [3.05, 3.63) is 48.4 Å². The van der Waals surface area contributed by atoms with Crippen molar-refractivity contribution in [2.24, 2.45) is 7.05 Å². The standard InChI is InChI=1S/C22H26IN7O2S/c1-22(2,3)32-21(31)28-18-8-10-30(33-23)19-11-14(5-6-16(18)19)17-7-9-24-20(27-17)26-15-12-25-29(4)13-15/h5-7,9,11-13,18H,8,10H2,1-4H3,(H,28,31)(H,24,26,27). The minimum Gasteiger partial charge on any atom is -0.444 e. The molecular weight excluding hydrogens is 553 g/mol. The Morgan fingerprint density at radius 1 is 1.30 bits per heavy atom. The van der Waals surface area contributed by atoms with Crippen LogP contribution < -0.4 is 14.9 Å². The Balaban J connectivity index is 1.59. The number of amides is 1. The maximum absolute atomic E-state index is 12.4. The molecule has 0 saturated heterocycles. The monoisotopic (exact) mass is 579 g/mol. The predicted octanol–water partition coefficient (Wildman–Crippen LogP) is 5.39. The van der Waals surface area contributed by atoms with Crippen LogP contribution in [0.2, 0.25) is 0 Å². The van der Waals surface area contributed by atoms with E-state index in [1.807, 2.05) is 46.1 Å². The Labute approximate surface area is 209 Å². The third kappa shape index (κ3) is 5.88. The van der Waals surface area contributed by atoms with Crippen LogP contribution in [0.4, 0.5) is 22.1 Å². The van der Waals surface area contributed by atoms with Gasteiger partial charge in [0, 0.05) is 61.9 Å². The van der Waals surface area contributed by atoms with Gasteiger partial charge in [-0.1, -0.05) is 12.1 Å². The van der Waals surface area contributed by atoms with E-state index in [0.717, 1.165) is 41.2 Å². The van der Waals surface area contributed by atoms with Crippen LogP contribution in [-0.2, 0) is 11.8 Å². The van der Waals surface area contributed by atoms with Crippen molar-refractivity contribution in [2.45, 2.75) is 38.8 Å². The first kappa shape index (κ1) is 23.6. The quantitative estimate of drug-likeness (QED) is 0.307. The van der Waals surface area contributed by atoms with Gasteiger partial charge in [-0.15, -0.1) is 0 Å². The van der Waals surface area contributed by atoms with Crippen LogP contribution in [0.25, 0.3) is 11.3 Å². The number of rotatable bonds is 5. The van der Waals surface area contributed by atoms with Gasteiger partial charge in [-0.25, -0.2) is 14.8 Å². The fraction of sp³-hybridized carbons (Fsp3) is 0.364. The van der Waals surface area contributed by atoms with Gasteiger partial charge >= 0.3 is 6.09 Å². The summed E-state index contributed by atoms with van der Waals surface area (Å²) in [5.41, 5.74) is 4.17. The SMILES string of the molecule is Cn1cc(Nc2nccc(-c3ccc4c(c3)N(SI)CCC4NC(=O)OC(C)(C)C)n2)cn1. The van der Waals surface area contributed by atoms with Crippen LogP contribution in [-0.4, -0.2) is 38.0 Å². The zero-order valence-electron chi connectivity index (χ0n) is 18.9. The summed E-state index contributed by atoms with van der Waals surface area (Å²) < 4.78 is 9.41. The van der Waals surface area contributed by atoms with Crippen molar-refractivity contribution in [3.63, 3.8) is 0 Å². The number of nitrogens with one attached hydrogen (secondary N) is 2. The summed E-state index contributed by atoms with van der Waals surface area (Å²) in [6.45, 7) is 6.39. The summed E-state index contributed by atoms with van der Waals surface area (Å²) in [6.07, 6.45) is 5.72. The van der Waals surface area contributed by atoms with Crippen molar-refractivity contribution < 1.29 is 9.53 Å². The molecule has 1 atom stereocenters. The van der Waals surface area contributed by atoms with E-state index in [2.05, 4.69) is 63.3 Å². The zero-order chi connectivity index (χ0) is 23.6. The van der Waals surface area contributed by atoms with Crippen LogP contribution in [0.15, 0.2) is 42.9 Å². The lowest BCUT2D eigenvalue weighted by Crippen LogP contribution is -2.38. The first-order chi connectivity index (χ1) is 15.7. The van der Waals surface area contributed by atoms with E-state index in [1.165, 1.54) is 0 Å². The molecule has 2 aromatic heterocycles. The van der Waals surface area contributed by atoms with Gasteiger partial charge in [-0.05, 0) is 44.9 Å². The lowest BCUT2D eigenvalue weighted by atomic mass is 9.95. The van der Waals surface area contributed by atoms with E-state index in [9.17, 15) is 4.79 Å². The molecule has 0 spiro atoms. The topological polar surface area (TPSA) is 97.2 Å². The first-order valence-electron chi connectivity index (χ1n) is 10.5. The summed E-state index contributed by atoms with van der Waals surface area (Å²) in [5.74, 6) is 0.503. The summed E-state index contributed by atoms with van der Waals surface area (Å²) >= 11 is 2.29. The maximum Gasteiger partial charge on any atom is 0.408 e. The van der Waals surface area contributed by atoms with Crippen molar-refractivity contribution in [3.8, 4) is 11.3 Å². The van der Waals surface area contributed by atoms with Gasteiger partial charge in [0.15, 0.2) is 0 Å². The van der Waals surface area contributed by atoms with Crippen LogP contribution in [0.1, 0.15) is 38.8 Å². The number of hydrogen-bond donors (Lipinski definition) is 2. The smallest absolute Gasteiger partial charge is 0.408 e. The molecule has 1 amide bonds. The van der Waals surface area contributed by atoms with Crippen molar-refractivity contribution in [1.29, 1.82) is 0 Å². The number of carbonyl (C=O) groups is 1. The van der Waals surface area contributed by atoms with E-state index in [0.29, 0.717) is 5.95 Å². The molecule has 0 fully saturated rings. The molecule has 1 aromatic carbocycles. The molecule has 0 saturated carbocycles. The third-order valence-corrected chi connectivity index (χ3v) is 6.95. The second-order valence-corrected chi connectivity index (χ2v) is 10.5. The predicted molar refractivity (Wildman–Crippen MR) is 140 cm³/mol. The number of benzene rings is 1. The Morgan fingerprint density at radius 3 is 2.82 bits per heavy atom. The number of hydrogen-bond acceptors (Lipinski definition) is 8. The van der Waals surface area contributed by atoms with E-state index in [1.54, 1.807) is 26.2 Å². The number of aromatic nitrogens is 4. The molecule has 9 nitrogen and oxygen atoms in total. The number of nitrogens with zero attached hydrogens (tertiary/aromatic N) is 5. The Morgan fingerprint density at radius 2 is 2.12 bits per heavy atom. The lowest BCUT2D eigenvalue weighted by Gasteiger charge is -2.34. The van der Waals surface area contributed by atoms with E-state index < -0.39 is 11.7 Å². The molecule has 174 valence electrons. The van der Waals surface area contributed by atoms with E-state index in [4.69, 9.17) is 4.74 Å². The van der Waals surface area contributed by atoms with Crippen molar-refractivity contribution in [2.75, 3.05) is 16.2 Å². The van der Waals surface area contributed by atoms with Gasteiger partial charge in [0.25, 0.3) is 0 Å². The van der Waals surface area contributed by atoms with Gasteiger partial charge in [0.2, 0.25) is 5.95 Å². The third-order valence-electron chi connectivity index (χ3n) is 4.98. The maximum atomic E-state index is 12.4. The highest BCUT2D eigenvalue weighted by Gasteiger charge is 2.28. The fourth-order valence-electron chi connectivity index (χ4n) is 3.60. The largest absolute Gasteiger partial charge is 0.444 e. The molecule has 0 aliphatic carbocycles. The molecule has 33 heavy (non-hydrogen) atoms. The molecule has 3 aromatic rings. The Kier molecular flexibility index (Phi) is 6.98. The highest BCUT2D eigenvalue weighted by Crippen LogP contribution is 2.41. The number of carbonyl (C=O) groups excluding carboxylic acids is 1. The molecule has 3 heterocycles. The lowest BCUT2D eigenvalue weighted by molar-refractivity contribution is 0.0501. The zero-order valence-corrected chi connectivity index (χ0v) is 21.8. The second-order valence-electron chi connectivity index (χ2n) is 8.73. The van der Waals surface area contributed by atoms with Crippen molar-refractivity contribution >= 4 is 53.7 Å².